The summed E-state index contributed by atoms with van der Waals surface area (Å²) in [7, 11) is 0. The molecule has 6 nitrogen and oxygen atoms in total. The summed E-state index contributed by atoms with van der Waals surface area (Å²) in [6.07, 6.45) is 1.59. The van der Waals surface area contributed by atoms with Gasteiger partial charge in [-0.2, -0.15) is 0 Å². The molecule has 2 heterocycles. The van der Waals surface area contributed by atoms with Crippen molar-refractivity contribution in [3.05, 3.63) is 79.9 Å². The maximum atomic E-state index is 12.4. The number of rotatable bonds is 5. The van der Waals surface area contributed by atoms with Crippen LogP contribution >= 0.6 is 0 Å². The first-order chi connectivity index (χ1) is 12.0. The zero-order valence-corrected chi connectivity index (χ0v) is 14.2. The van der Waals surface area contributed by atoms with Crippen molar-refractivity contribution in [3.8, 4) is 0 Å². The van der Waals surface area contributed by atoms with Crippen molar-refractivity contribution in [3.63, 3.8) is 0 Å². The number of pyridine rings is 2. The monoisotopic (exact) mass is 337 g/mol. The van der Waals surface area contributed by atoms with Crippen molar-refractivity contribution < 1.29 is 4.92 Å². The van der Waals surface area contributed by atoms with Crippen molar-refractivity contribution in [1.29, 1.82) is 0 Å². The fourth-order valence-electron chi connectivity index (χ4n) is 2.94. The lowest BCUT2D eigenvalue weighted by Crippen LogP contribution is -2.20. The normalized spacial score (nSPS) is 11.0. The minimum absolute atomic E-state index is 0.0414. The van der Waals surface area contributed by atoms with E-state index in [1.807, 2.05) is 26.0 Å². The first-order valence-electron chi connectivity index (χ1n) is 8.29. The molecule has 0 N–H and O–H groups in total. The van der Waals surface area contributed by atoms with Crippen LogP contribution in [0.4, 0.5) is 5.69 Å². The van der Waals surface area contributed by atoms with Gasteiger partial charge in [0.05, 0.1) is 17.0 Å². The van der Waals surface area contributed by atoms with Crippen molar-refractivity contribution in [1.82, 2.24) is 9.55 Å². The third-order valence-electron chi connectivity index (χ3n) is 4.30. The Morgan fingerprint density at radius 1 is 1.08 bits per heavy atom. The maximum Gasteiger partial charge on any atom is 0.269 e. The number of aryl methyl sites for hydroxylation is 2. The summed E-state index contributed by atoms with van der Waals surface area (Å²) in [6.45, 7) is 4.45. The molecule has 0 unspecified atom stereocenters. The predicted octanol–water partition coefficient (Wildman–Crippen LogP) is 3.48. The fraction of sp³-hybridized carbons (Fsp3) is 0.263. The Hall–Kier alpha value is -3.02. The van der Waals surface area contributed by atoms with E-state index < -0.39 is 4.92 Å². The molecule has 0 fully saturated rings. The second kappa shape index (κ2) is 6.84. The van der Waals surface area contributed by atoms with Crippen LogP contribution in [-0.4, -0.2) is 14.5 Å². The van der Waals surface area contributed by atoms with Gasteiger partial charge in [0, 0.05) is 35.0 Å². The lowest BCUT2D eigenvalue weighted by Gasteiger charge is -2.13. The predicted molar refractivity (Wildman–Crippen MR) is 97.0 cm³/mol. The van der Waals surface area contributed by atoms with Crippen LogP contribution in [0.5, 0.6) is 0 Å². The van der Waals surface area contributed by atoms with E-state index in [9.17, 15) is 14.9 Å². The molecule has 0 atom stereocenters. The molecule has 0 radical (unpaired) electrons. The molecule has 0 aliphatic rings. The number of nitrogens with zero attached hydrogens (tertiary/aromatic N) is 3. The Kier molecular flexibility index (Phi) is 4.61. The number of hydrogen-bond acceptors (Lipinski definition) is 4. The van der Waals surface area contributed by atoms with Crippen molar-refractivity contribution in [2.45, 2.75) is 33.2 Å². The third-order valence-corrected chi connectivity index (χ3v) is 4.30. The zero-order valence-electron chi connectivity index (χ0n) is 14.2. The molecule has 0 aliphatic carbocycles. The standard InChI is InChI=1S/C19H19N3O3/c1-3-14-11-18-16(17(4-2)20-14)9-10-19(23)21(18)12-13-5-7-15(8-6-13)22(24)25/h5-11H,3-4,12H2,1-2H3. The molecule has 0 amide bonds. The van der Waals surface area contributed by atoms with E-state index in [1.165, 1.54) is 12.1 Å². The van der Waals surface area contributed by atoms with E-state index in [2.05, 4.69) is 4.98 Å². The highest BCUT2D eigenvalue weighted by molar-refractivity contribution is 5.81. The summed E-state index contributed by atoms with van der Waals surface area (Å²) in [6, 6.07) is 11.6. The highest BCUT2D eigenvalue weighted by Crippen LogP contribution is 2.20. The number of benzene rings is 1. The van der Waals surface area contributed by atoms with E-state index in [1.54, 1.807) is 22.8 Å². The van der Waals surface area contributed by atoms with Crippen molar-refractivity contribution in [2.24, 2.45) is 0 Å². The van der Waals surface area contributed by atoms with Crippen LogP contribution in [0.1, 0.15) is 30.8 Å². The number of hydrogen-bond donors (Lipinski definition) is 0. The topological polar surface area (TPSA) is 78.0 Å². The lowest BCUT2D eigenvalue weighted by atomic mass is 10.1. The maximum absolute atomic E-state index is 12.4. The molecular formula is C19H19N3O3. The highest BCUT2D eigenvalue weighted by Gasteiger charge is 2.11. The molecule has 2 aromatic heterocycles. The fourth-order valence-corrected chi connectivity index (χ4v) is 2.94. The molecule has 0 saturated carbocycles. The largest absolute Gasteiger partial charge is 0.304 e. The number of nitro groups is 1. The molecule has 0 saturated heterocycles. The Balaban J connectivity index is 2.12. The van der Waals surface area contributed by atoms with E-state index in [-0.39, 0.29) is 11.2 Å². The van der Waals surface area contributed by atoms with E-state index >= 15 is 0 Å². The molecule has 128 valence electrons. The Morgan fingerprint density at radius 3 is 2.40 bits per heavy atom. The Labute approximate surface area is 144 Å². The average Bonchev–Trinajstić information content (AvgIpc) is 2.63. The van der Waals surface area contributed by atoms with E-state index in [4.69, 9.17) is 0 Å². The molecule has 0 spiro atoms. The first kappa shape index (κ1) is 16.8. The van der Waals surface area contributed by atoms with Gasteiger partial charge in [0.1, 0.15) is 0 Å². The van der Waals surface area contributed by atoms with Crippen LogP contribution in [0.3, 0.4) is 0 Å². The van der Waals surface area contributed by atoms with Gasteiger partial charge in [-0.1, -0.05) is 26.0 Å². The molecule has 0 bridgehead atoms. The van der Waals surface area contributed by atoms with Gasteiger partial charge in [-0.15, -0.1) is 0 Å². The SMILES string of the molecule is CCc1cc2c(ccc(=O)n2Cc2ccc([N+](=O)[O-])cc2)c(CC)n1. The van der Waals surface area contributed by atoms with E-state index in [0.29, 0.717) is 6.54 Å². The van der Waals surface area contributed by atoms with Gasteiger partial charge in [0.25, 0.3) is 11.2 Å². The van der Waals surface area contributed by atoms with Gasteiger partial charge in [0.15, 0.2) is 0 Å². The van der Waals surface area contributed by atoms with Gasteiger partial charge in [-0.25, -0.2) is 0 Å². The van der Waals surface area contributed by atoms with Crippen LogP contribution < -0.4 is 5.56 Å². The smallest absolute Gasteiger partial charge is 0.269 e. The molecule has 3 rings (SSSR count). The second-order valence-corrected chi connectivity index (χ2v) is 5.88. The van der Waals surface area contributed by atoms with Gasteiger partial charge in [-0.3, -0.25) is 19.9 Å². The number of non-ortho nitro benzene ring substituents is 1. The van der Waals surface area contributed by atoms with Crippen molar-refractivity contribution >= 4 is 16.6 Å². The highest BCUT2D eigenvalue weighted by atomic mass is 16.6. The average molecular weight is 337 g/mol. The minimum atomic E-state index is -0.430. The van der Waals surface area contributed by atoms with Crippen LogP contribution in [0.25, 0.3) is 10.9 Å². The second-order valence-electron chi connectivity index (χ2n) is 5.88. The summed E-state index contributed by atoms with van der Waals surface area (Å²) >= 11 is 0. The van der Waals surface area contributed by atoms with E-state index in [0.717, 1.165) is 40.7 Å². The zero-order chi connectivity index (χ0) is 18.0. The Bertz CT molecular complexity index is 991. The summed E-state index contributed by atoms with van der Waals surface area (Å²) in [5.41, 5.74) is 3.57. The molecular weight excluding hydrogens is 318 g/mol. The van der Waals surface area contributed by atoms with Gasteiger partial charge < -0.3 is 4.57 Å². The molecule has 3 aromatic rings. The minimum Gasteiger partial charge on any atom is -0.304 e. The Morgan fingerprint density at radius 2 is 1.80 bits per heavy atom. The molecule has 6 heteroatoms. The number of nitro benzene ring substituents is 1. The van der Waals surface area contributed by atoms with Gasteiger partial charge in [-0.05, 0) is 30.5 Å². The lowest BCUT2D eigenvalue weighted by molar-refractivity contribution is -0.384. The molecule has 25 heavy (non-hydrogen) atoms. The first-order valence-corrected chi connectivity index (χ1v) is 8.29. The van der Waals surface area contributed by atoms with Crippen LogP contribution in [0.2, 0.25) is 0 Å². The summed E-state index contributed by atoms with van der Waals surface area (Å²) < 4.78 is 1.70. The van der Waals surface area contributed by atoms with Gasteiger partial charge >= 0.3 is 0 Å². The van der Waals surface area contributed by atoms with Crippen LogP contribution in [0.15, 0.2) is 47.3 Å². The summed E-state index contributed by atoms with van der Waals surface area (Å²) in [4.78, 5) is 27.5. The number of aromatic nitrogens is 2. The summed E-state index contributed by atoms with van der Waals surface area (Å²) in [5.74, 6) is 0. The number of fused-ring (bicyclic) bond motifs is 1. The quantitative estimate of drug-likeness (QED) is 0.527. The van der Waals surface area contributed by atoms with Crippen LogP contribution in [0, 0.1) is 10.1 Å². The molecule has 0 aliphatic heterocycles. The summed E-state index contributed by atoms with van der Waals surface area (Å²) in [5, 5.41) is 11.8. The van der Waals surface area contributed by atoms with Crippen molar-refractivity contribution in [2.75, 3.05) is 0 Å². The van der Waals surface area contributed by atoms with Crippen LogP contribution in [-0.2, 0) is 19.4 Å². The third kappa shape index (κ3) is 3.28. The molecule has 1 aromatic carbocycles. The van der Waals surface area contributed by atoms with Gasteiger partial charge in [0.2, 0.25) is 0 Å².